The Labute approximate surface area is 334 Å². The Morgan fingerprint density at radius 3 is 2.24 bits per heavy atom. The van der Waals surface area contributed by atoms with Gasteiger partial charge in [-0.05, 0) is 37.0 Å². The van der Waals surface area contributed by atoms with Crippen LogP contribution in [-0.2, 0) is 64.0 Å². The van der Waals surface area contributed by atoms with Crippen LogP contribution < -0.4 is 21.3 Å². The number of ether oxygens (including phenoxy) is 5. The number of Topliss-reactive ketones (excluding diaryl/α,β-unsaturated/α-hetero) is 2. The van der Waals surface area contributed by atoms with Crippen molar-refractivity contribution in [1.29, 1.82) is 0 Å². The van der Waals surface area contributed by atoms with Crippen molar-refractivity contribution in [3.8, 4) is 5.75 Å². The summed E-state index contributed by atoms with van der Waals surface area (Å²) in [5, 5.41) is 45.4. The number of carboxylic acid groups (broad SMARTS) is 1. The van der Waals surface area contributed by atoms with E-state index in [1.807, 2.05) is 6.92 Å². The fourth-order valence-corrected chi connectivity index (χ4v) is 5.45. The summed E-state index contributed by atoms with van der Waals surface area (Å²) < 4.78 is 26.6. The van der Waals surface area contributed by atoms with E-state index in [4.69, 9.17) is 39.2 Å². The standard InChI is InChI=1S/C36H55N3O16.CO2/c1-4-12-50-14-15-51-20-25(41)18-24(27(42)16-21(2)33(46)39-11-13-53-37)7-5-6-10-38-34(47)26-17-23(19-52-22(3)40)8-9-28(26)54-36-31(45)29(43)30(44)32(55-36)35(48)49;2-1-3/h8-9,17,21,24,29-32,36,43-45H,4-7,10-16,18-20,37H2,1-3H3,(H,38,47)(H,39,46)(H,48,49);/t21-,24-,29+,30+,31-,32+,36-;/m1./s1. The number of aliphatic hydroxyl groups is 3. The van der Waals surface area contributed by atoms with Gasteiger partial charge in [-0.3, -0.25) is 24.0 Å². The lowest BCUT2D eigenvalue weighted by atomic mass is 9.87. The van der Waals surface area contributed by atoms with Crippen molar-refractivity contribution < 1.29 is 87.3 Å². The zero-order valence-corrected chi connectivity index (χ0v) is 32.8. The Balaban J connectivity index is 0.00000542. The second-order valence-corrected chi connectivity index (χ2v) is 13.1. The molecule has 1 aliphatic heterocycles. The molecule has 2 rings (SSSR count). The molecule has 0 saturated carbocycles. The monoisotopic (exact) mass is 829 g/mol. The molecule has 0 bridgehead atoms. The molecule has 0 spiro atoms. The Morgan fingerprint density at radius 2 is 1.60 bits per heavy atom. The molecular formula is C37H55N3O18. The molecule has 1 saturated heterocycles. The molecule has 326 valence electrons. The Kier molecular flexibility index (Phi) is 25.4. The summed E-state index contributed by atoms with van der Waals surface area (Å²) >= 11 is 0. The molecule has 0 unspecified atom stereocenters. The highest BCUT2D eigenvalue weighted by molar-refractivity contribution is 5.97. The first-order valence-electron chi connectivity index (χ1n) is 18.5. The minimum absolute atomic E-state index is 0.0953. The van der Waals surface area contributed by atoms with Crippen LogP contribution in [0.1, 0.15) is 75.2 Å². The van der Waals surface area contributed by atoms with E-state index in [-0.39, 0.29) is 93.7 Å². The third-order valence-corrected chi connectivity index (χ3v) is 8.44. The number of aliphatic carboxylic acids is 1. The van der Waals surface area contributed by atoms with Gasteiger partial charge in [0.2, 0.25) is 12.2 Å². The molecule has 1 aromatic rings. The molecular weight excluding hydrogens is 774 g/mol. The number of carbonyl (C=O) groups excluding carboxylic acids is 7. The molecule has 0 aliphatic carbocycles. The van der Waals surface area contributed by atoms with Crippen LogP contribution in [0.15, 0.2) is 18.2 Å². The topological polar surface area (TPSA) is 323 Å². The average Bonchev–Trinajstić information content (AvgIpc) is 3.18. The van der Waals surface area contributed by atoms with Crippen LogP contribution in [0.4, 0.5) is 0 Å². The molecule has 7 atom stereocenters. The third kappa shape index (κ3) is 19.2. The van der Waals surface area contributed by atoms with Crippen LogP contribution in [0.25, 0.3) is 0 Å². The van der Waals surface area contributed by atoms with Crippen molar-refractivity contribution in [3.63, 3.8) is 0 Å². The molecule has 21 heteroatoms. The Hall–Kier alpha value is -4.70. The van der Waals surface area contributed by atoms with Crippen LogP contribution in [0.5, 0.6) is 5.75 Å². The number of nitrogens with two attached hydrogens (primary N) is 1. The predicted molar refractivity (Wildman–Crippen MR) is 195 cm³/mol. The van der Waals surface area contributed by atoms with E-state index in [1.54, 1.807) is 6.92 Å². The van der Waals surface area contributed by atoms with Gasteiger partial charge in [0.1, 0.15) is 43.1 Å². The number of hydrogen-bond donors (Lipinski definition) is 7. The van der Waals surface area contributed by atoms with Crippen molar-refractivity contribution in [2.75, 3.05) is 46.1 Å². The first-order valence-corrected chi connectivity index (χ1v) is 18.5. The minimum Gasteiger partial charge on any atom is -0.479 e. The zero-order valence-electron chi connectivity index (χ0n) is 32.8. The van der Waals surface area contributed by atoms with Gasteiger partial charge >= 0.3 is 18.1 Å². The van der Waals surface area contributed by atoms with Gasteiger partial charge in [-0.1, -0.05) is 26.3 Å². The van der Waals surface area contributed by atoms with Gasteiger partial charge < -0.3 is 59.6 Å². The third-order valence-electron chi connectivity index (χ3n) is 8.44. The molecule has 1 fully saturated rings. The van der Waals surface area contributed by atoms with Crippen molar-refractivity contribution >= 4 is 41.5 Å². The van der Waals surface area contributed by atoms with Crippen molar-refractivity contribution in [3.05, 3.63) is 29.3 Å². The first kappa shape index (κ1) is 51.3. The molecule has 21 nitrogen and oxygen atoms in total. The second kappa shape index (κ2) is 28.7. The van der Waals surface area contributed by atoms with E-state index in [1.165, 1.54) is 25.1 Å². The molecule has 1 aromatic carbocycles. The number of carbonyl (C=O) groups is 6. The van der Waals surface area contributed by atoms with Crippen LogP contribution in [0.2, 0.25) is 0 Å². The van der Waals surface area contributed by atoms with Crippen LogP contribution in [0.3, 0.4) is 0 Å². The first-order chi connectivity index (χ1) is 27.6. The van der Waals surface area contributed by atoms with Crippen LogP contribution >= 0.6 is 0 Å². The lowest BCUT2D eigenvalue weighted by molar-refractivity contribution is -0.271. The summed E-state index contributed by atoms with van der Waals surface area (Å²) in [5.74, 6) is -0.386. The molecule has 0 aromatic heterocycles. The maximum Gasteiger partial charge on any atom is 0.373 e. The highest BCUT2D eigenvalue weighted by atomic mass is 16.7. The van der Waals surface area contributed by atoms with Gasteiger partial charge in [0.25, 0.3) is 5.91 Å². The number of amides is 2. The van der Waals surface area contributed by atoms with Gasteiger partial charge in [0.05, 0.1) is 25.4 Å². The fourth-order valence-electron chi connectivity index (χ4n) is 5.45. The van der Waals surface area contributed by atoms with E-state index >= 15 is 0 Å². The van der Waals surface area contributed by atoms with E-state index in [9.17, 15) is 49.2 Å². The number of ketones is 2. The van der Waals surface area contributed by atoms with Gasteiger partial charge in [0.15, 0.2) is 11.9 Å². The Bertz CT molecular complexity index is 1500. The molecule has 58 heavy (non-hydrogen) atoms. The van der Waals surface area contributed by atoms with Crippen molar-refractivity contribution in [2.24, 2.45) is 17.7 Å². The second-order valence-electron chi connectivity index (χ2n) is 13.1. The number of esters is 1. The van der Waals surface area contributed by atoms with Gasteiger partial charge in [0, 0.05) is 51.3 Å². The minimum atomic E-state index is -1.96. The van der Waals surface area contributed by atoms with E-state index in [0.717, 1.165) is 6.42 Å². The van der Waals surface area contributed by atoms with Gasteiger partial charge in [-0.2, -0.15) is 9.59 Å². The maximum absolute atomic E-state index is 13.4. The summed E-state index contributed by atoms with van der Waals surface area (Å²) in [5.41, 5.74) is 0.271. The lowest BCUT2D eigenvalue weighted by Gasteiger charge is -2.38. The van der Waals surface area contributed by atoms with E-state index in [0.29, 0.717) is 31.6 Å². The average molecular weight is 830 g/mol. The number of benzene rings is 1. The largest absolute Gasteiger partial charge is 0.479 e. The van der Waals surface area contributed by atoms with Gasteiger partial charge in [-0.15, -0.1) is 0 Å². The van der Waals surface area contributed by atoms with E-state index in [2.05, 4.69) is 15.5 Å². The highest BCUT2D eigenvalue weighted by Crippen LogP contribution is 2.28. The molecule has 1 heterocycles. The quantitative estimate of drug-likeness (QED) is 0.0316. The summed E-state index contributed by atoms with van der Waals surface area (Å²) in [6, 6.07) is 4.11. The number of aliphatic hydroxyl groups excluding tert-OH is 3. The smallest absolute Gasteiger partial charge is 0.373 e. The number of rotatable bonds is 27. The van der Waals surface area contributed by atoms with Crippen molar-refractivity contribution in [2.45, 2.75) is 96.6 Å². The van der Waals surface area contributed by atoms with Crippen LogP contribution in [0, 0.1) is 11.8 Å². The van der Waals surface area contributed by atoms with E-state index < -0.39 is 60.4 Å². The fraction of sp³-hybridized carbons (Fsp3) is 0.649. The molecule has 8 N–H and O–H groups in total. The SMILES string of the molecule is CCCOCCOCC(=O)C[C@@H](CCCCNC(=O)c1cc(COC(C)=O)ccc1O[C@@H]1O[C@H](C(=O)O)[C@@H](O)[C@H](O)[C@H]1O)C(=O)C[C@@H](C)C(=O)NCCON.O=C=O. The zero-order chi connectivity index (χ0) is 43.6. The molecule has 0 radical (unpaired) electrons. The predicted octanol–water partition coefficient (Wildman–Crippen LogP) is -1.04. The highest BCUT2D eigenvalue weighted by Gasteiger charge is 2.48. The Morgan fingerprint density at radius 1 is 0.914 bits per heavy atom. The lowest BCUT2D eigenvalue weighted by Crippen LogP contribution is -2.61. The number of unbranched alkanes of at least 4 members (excludes halogenated alkanes) is 1. The number of nitrogens with one attached hydrogen (secondary N) is 2. The van der Waals surface area contributed by atoms with Crippen molar-refractivity contribution in [1.82, 2.24) is 10.6 Å². The summed E-state index contributed by atoms with van der Waals surface area (Å²) in [7, 11) is 0. The van der Waals surface area contributed by atoms with Gasteiger partial charge in [-0.25, -0.2) is 10.7 Å². The van der Waals surface area contributed by atoms with Crippen LogP contribution in [-0.4, -0.2) is 139 Å². The molecule has 2 amide bonds. The molecule has 1 aliphatic rings. The maximum atomic E-state index is 13.4. The summed E-state index contributed by atoms with van der Waals surface area (Å²) in [6.45, 7) is 5.85. The normalized spacial score (nSPS) is 19.6. The number of hydrogen-bond acceptors (Lipinski definition) is 18. The summed E-state index contributed by atoms with van der Waals surface area (Å²) in [6.07, 6.45) is -7.60. The number of carboxylic acids is 1. The summed E-state index contributed by atoms with van der Waals surface area (Å²) in [4.78, 5) is 95.6.